The maximum Gasteiger partial charge on any atom is 0.273 e. The number of amides is 3. The van der Waals surface area contributed by atoms with Crippen LogP contribution in [0.3, 0.4) is 0 Å². The monoisotopic (exact) mass is 398 g/mol. The molecule has 1 aliphatic rings. The Kier molecular flexibility index (Phi) is 5.90. The van der Waals surface area contributed by atoms with E-state index in [1.165, 1.54) is 31.2 Å². The Labute approximate surface area is 167 Å². The first kappa shape index (κ1) is 19.8. The zero-order valence-electron chi connectivity index (χ0n) is 15.3. The molecule has 1 heterocycles. The van der Waals surface area contributed by atoms with Crippen LogP contribution in [-0.2, 0) is 9.59 Å². The van der Waals surface area contributed by atoms with Crippen LogP contribution in [0.25, 0.3) is 0 Å². The number of carbonyl (C=O) groups is 4. The van der Waals surface area contributed by atoms with E-state index in [0.29, 0.717) is 17.0 Å². The number of hydrazine groups is 1. The summed E-state index contributed by atoms with van der Waals surface area (Å²) < 4.78 is 0. The van der Waals surface area contributed by atoms with Gasteiger partial charge in [0.15, 0.2) is 5.78 Å². The zero-order valence-corrected chi connectivity index (χ0v) is 16.1. The average molecular weight is 399 g/mol. The summed E-state index contributed by atoms with van der Waals surface area (Å²) in [5.74, 6) is -1.97. The number of ketones is 1. The summed E-state index contributed by atoms with van der Waals surface area (Å²) in [4.78, 5) is 51.1. The molecule has 0 saturated carbocycles. The second-order valence-electron chi connectivity index (χ2n) is 6.52. The molecule has 0 bridgehead atoms. The third-order valence-corrected chi connectivity index (χ3v) is 4.83. The Morgan fingerprint density at radius 1 is 0.929 bits per heavy atom. The topological polar surface area (TPSA) is 74.8 Å². The fourth-order valence-electron chi connectivity index (χ4n) is 3.10. The zero-order chi connectivity index (χ0) is 20.3. The maximum atomic E-state index is 13.2. The highest BCUT2D eigenvalue weighted by Crippen LogP contribution is 2.22. The van der Waals surface area contributed by atoms with Crippen LogP contribution < -0.4 is 0 Å². The molecule has 2 aromatic rings. The van der Waals surface area contributed by atoms with Gasteiger partial charge in [-0.05, 0) is 37.6 Å². The van der Waals surface area contributed by atoms with Crippen molar-refractivity contribution in [1.29, 1.82) is 0 Å². The molecule has 6 nitrogen and oxygen atoms in total. The molecule has 1 fully saturated rings. The van der Waals surface area contributed by atoms with Gasteiger partial charge in [-0.3, -0.25) is 19.2 Å². The van der Waals surface area contributed by atoms with Crippen LogP contribution in [0.5, 0.6) is 0 Å². The van der Waals surface area contributed by atoms with E-state index in [2.05, 4.69) is 0 Å². The number of carbonyl (C=O) groups excluding carboxylic acids is 4. The van der Waals surface area contributed by atoms with Crippen molar-refractivity contribution in [2.24, 2.45) is 0 Å². The maximum absolute atomic E-state index is 13.2. The van der Waals surface area contributed by atoms with Gasteiger partial charge in [0.1, 0.15) is 6.04 Å². The second-order valence-corrected chi connectivity index (χ2v) is 6.95. The first-order valence-corrected chi connectivity index (χ1v) is 9.32. The van der Waals surface area contributed by atoms with Gasteiger partial charge in [-0.25, -0.2) is 5.01 Å². The summed E-state index contributed by atoms with van der Waals surface area (Å²) in [6.07, 6.45) is 0.711. The highest BCUT2D eigenvalue weighted by atomic mass is 35.5. The molecule has 2 aromatic carbocycles. The van der Waals surface area contributed by atoms with Gasteiger partial charge in [0.25, 0.3) is 5.91 Å². The predicted octanol–water partition coefficient (Wildman–Crippen LogP) is 3.51. The number of piperidine rings is 1. The lowest BCUT2D eigenvalue weighted by Gasteiger charge is -2.38. The van der Waals surface area contributed by atoms with Crippen molar-refractivity contribution in [3.8, 4) is 0 Å². The van der Waals surface area contributed by atoms with Crippen LogP contribution in [0.4, 0.5) is 0 Å². The van der Waals surface area contributed by atoms with Gasteiger partial charge in [-0.1, -0.05) is 41.9 Å². The van der Waals surface area contributed by atoms with Gasteiger partial charge in [0, 0.05) is 29.0 Å². The van der Waals surface area contributed by atoms with Crippen LogP contribution in [0.1, 0.15) is 46.9 Å². The molecular weight excluding hydrogens is 380 g/mol. The predicted molar refractivity (Wildman–Crippen MR) is 104 cm³/mol. The summed E-state index contributed by atoms with van der Waals surface area (Å²) in [5, 5.41) is 2.25. The molecule has 144 valence electrons. The van der Waals surface area contributed by atoms with E-state index in [9.17, 15) is 19.2 Å². The molecule has 0 aromatic heterocycles. The van der Waals surface area contributed by atoms with E-state index in [1.54, 1.807) is 30.3 Å². The molecule has 0 radical (unpaired) electrons. The number of benzene rings is 2. The standard InChI is InChI=1S/C21H19ClN2O4/c1-14(20(27)15-6-3-2-4-7-15)23(24-18(25)8-5-9-19(24)26)21(28)16-10-12-17(22)13-11-16/h2-4,6-7,10-14H,5,8-9H2,1H3/t14-/m0/s1. The summed E-state index contributed by atoms with van der Waals surface area (Å²) >= 11 is 5.89. The average Bonchev–Trinajstić information content (AvgIpc) is 2.70. The molecular formula is C21H19ClN2O4. The quantitative estimate of drug-likeness (QED) is 0.570. The van der Waals surface area contributed by atoms with E-state index in [0.717, 1.165) is 10.0 Å². The lowest BCUT2D eigenvalue weighted by molar-refractivity contribution is -0.165. The Bertz CT molecular complexity index is 896. The van der Waals surface area contributed by atoms with E-state index >= 15 is 0 Å². The molecule has 0 aliphatic carbocycles. The third kappa shape index (κ3) is 3.97. The summed E-state index contributed by atoms with van der Waals surface area (Å²) in [6.45, 7) is 1.51. The van der Waals surface area contributed by atoms with Gasteiger partial charge in [-0.15, -0.1) is 0 Å². The fraction of sp³-hybridized carbons (Fsp3) is 0.238. The lowest BCUT2D eigenvalue weighted by Crippen LogP contribution is -2.59. The van der Waals surface area contributed by atoms with Crippen LogP contribution in [0, 0.1) is 0 Å². The normalized spacial score (nSPS) is 15.3. The van der Waals surface area contributed by atoms with Gasteiger partial charge in [0.2, 0.25) is 11.8 Å². The van der Waals surface area contributed by atoms with Gasteiger partial charge in [0.05, 0.1) is 0 Å². The third-order valence-electron chi connectivity index (χ3n) is 4.57. The van der Waals surface area contributed by atoms with Crippen molar-refractivity contribution in [3.63, 3.8) is 0 Å². The molecule has 1 aliphatic heterocycles. The van der Waals surface area contributed by atoms with Crippen molar-refractivity contribution < 1.29 is 19.2 Å². The molecule has 0 spiro atoms. The van der Waals surface area contributed by atoms with E-state index in [-0.39, 0.29) is 24.2 Å². The van der Waals surface area contributed by atoms with Gasteiger partial charge < -0.3 is 0 Å². The molecule has 3 amide bonds. The first-order chi connectivity index (χ1) is 13.4. The van der Waals surface area contributed by atoms with Crippen LogP contribution in [-0.4, -0.2) is 39.6 Å². The molecule has 0 N–H and O–H groups in total. The summed E-state index contributed by atoms with van der Waals surface area (Å²) in [5.41, 5.74) is 0.615. The Balaban J connectivity index is 2.01. The number of hydrogen-bond donors (Lipinski definition) is 0. The second kappa shape index (κ2) is 8.35. The number of rotatable bonds is 5. The van der Waals surface area contributed by atoms with Gasteiger partial charge in [-0.2, -0.15) is 5.01 Å². The SMILES string of the molecule is C[C@@H](C(=O)c1ccccc1)N(C(=O)c1ccc(Cl)cc1)N1C(=O)CCCC1=O. The Morgan fingerprint density at radius 2 is 1.50 bits per heavy atom. The minimum absolute atomic E-state index is 0.141. The van der Waals surface area contributed by atoms with E-state index in [1.807, 2.05) is 0 Å². The number of hydrogen-bond acceptors (Lipinski definition) is 4. The summed E-state index contributed by atoms with van der Waals surface area (Å²) in [6, 6.07) is 13.5. The highest BCUT2D eigenvalue weighted by molar-refractivity contribution is 6.30. The largest absolute Gasteiger partial charge is 0.292 e. The van der Waals surface area contributed by atoms with Crippen molar-refractivity contribution in [2.75, 3.05) is 0 Å². The minimum Gasteiger partial charge on any atom is -0.292 e. The van der Waals surface area contributed by atoms with Crippen LogP contribution in [0.2, 0.25) is 5.02 Å². The Morgan fingerprint density at radius 3 is 2.07 bits per heavy atom. The molecule has 0 unspecified atom stereocenters. The van der Waals surface area contributed by atoms with Crippen molar-refractivity contribution in [1.82, 2.24) is 10.0 Å². The highest BCUT2D eigenvalue weighted by Gasteiger charge is 2.39. The number of nitrogens with zero attached hydrogens (tertiary/aromatic N) is 2. The fourth-order valence-corrected chi connectivity index (χ4v) is 3.23. The smallest absolute Gasteiger partial charge is 0.273 e. The van der Waals surface area contributed by atoms with Crippen molar-refractivity contribution in [2.45, 2.75) is 32.2 Å². The van der Waals surface area contributed by atoms with Crippen LogP contribution in [0.15, 0.2) is 54.6 Å². The molecule has 1 atom stereocenters. The lowest BCUT2D eigenvalue weighted by atomic mass is 10.0. The molecule has 7 heteroatoms. The molecule has 28 heavy (non-hydrogen) atoms. The van der Waals surface area contributed by atoms with E-state index < -0.39 is 23.8 Å². The van der Waals surface area contributed by atoms with E-state index in [4.69, 9.17) is 11.6 Å². The minimum atomic E-state index is -1.04. The number of halogens is 1. The molecule has 3 rings (SSSR count). The number of Topliss-reactive ketones (excluding diaryl/α,β-unsaturated/α-hetero) is 1. The van der Waals surface area contributed by atoms with Crippen molar-refractivity contribution in [3.05, 3.63) is 70.7 Å². The van der Waals surface area contributed by atoms with Crippen molar-refractivity contribution >= 4 is 35.1 Å². The summed E-state index contributed by atoms with van der Waals surface area (Å²) in [7, 11) is 0. The van der Waals surface area contributed by atoms with Crippen LogP contribution >= 0.6 is 11.6 Å². The molecule has 1 saturated heterocycles. The van der Waals surface area contributed by atoms with Gasteiger partial charge >= 0.3 is 0 Å². The first-order valence-electron chi connectivity index (χ1n) is 8.94. The Hall–Kier alpha value is -2.99. The number of imide groups is 1.